The summed E-state index contributed by atoms with van der Waals surface area (Å²) in [6.45, 7) is 2.86. The lowest BCUT2D eigenvalue weighted by molar-refractivity contribution is -0.131. The molecule has 2 amide bonds. The summed E-state index contributed by atoms with van der Waals surface area (Å²) in [6, 6.07) is 15.1. The lowest BCUT2D eigenvalue weighted by Gasteiger charge is -2.36. The van der Waals surface area contributed by atoms with Crippen molar-refractivity contribution in [2.45, 2.75) is 12.8 Å². The zero-order chi connectivity index (χ0) is 20.2. The quantitative estimate of drug-likeness (QED) is 0.789. The highest BCUT2D eigenvalue weighted by atomic mass is 16.5. The summed E-state index contributed by atoms with van der Waals surface area (Å²) in [5.74, 6) is 0.185. The lowest BCUT2D eigenvalue weighted by atomic mass is 10.0. The van der Waals surface area contributed by atoms with Gasteiger partial charge >= 0.3 is 0 Å². The minimum Gasteiger partial charge on any atom is -0.482 e. The minimum absolute atomic E-state index is 0.000609. The van der Waals surface area contributed by atoms with Crippen molar-refractivity contribution in [3.63, 3.8) is 0 Å². The maximum Gasteiger partial charge on any atom is 0.262 e. The third kappa shape index (κ3) is 4.39. The van der Waals surface area contributed by atoms with Gasteiger partial charge in [0, 0.05) is 50.3 Å². The van der Waals surface area contributed by atoms with Crippen LogP contribution in [0.4, 0.5) is 11.4 Å². The van der Waals surface area contributed by atoms with Crippen LogP contribution in [0.25, 0.3) is 0 Å². The fourth-order valence-corrected chi connectivity index (χ4v) is 3.63. The largest absolute Gasteiger partial charge is 0.482 e. The fourth-order valence-electron chi connectivity index (χ4n) is 3.63. The van der Waals surface area contributed by atoms with Crippen LogP contribution < -0.4 is 15.0 Å². The van der Waals surface area contributed by atoms with Crippen LogP contribution in [0.2, 0.25) is 0 Å². The number of ether oxygens (including phenoxy) is 1. The summed E-state index contributed by atoms with van der Waals surface area (Å²) < 4.78 is 5.30. The molecule has 7 heteroatoms. The number of fused-ring (bicyclic) bond motifs is 1. The second-order valence-electron chi connectivity index (χ2n) is 7.17. The van der Waals surface area contributed by atoms with Crippen molar-refractivity contribution in [3.05, 3.63) is 54.1 Å². The minimum atomic E-state index is -0.244. The van der Waals surface area contributed by atoms with Crippen LogP contribution in [0, 0.1) is 0 Å². The lowest BCUT2D eigenvalue weighted by Crippen LogP contribution is -2.48. The molecule has 2 aliphatic rings. The van der Waals surface area contributed by atoms with Crippen molar-refractivity contribution in [3.8, 4) is 5.75 Å². The van der Waals surface area contributed by atoms with E-state index >= 15 is 0 Å². The number of amides is 2. The molecule has 0 atom stereocenters. The monoisotopic (exact) mass is 393 g/mol. The van der Waals surface area contributed by atoms with Crippen LogP contribution in [0.3, 0.4) is 0 Å². The molecular weight excluding hydrogens is 370 g/mol. The summed E-state index contributed by atoms with van der Waals surface area (Å²) in [7, 11) is 0. The number of Topliss-reactive ketones (excluding diaryl/α,β-unsaturated/α-hetero) is 1. The number of nitrogens with one attached hydrogen (secondary N) is 1. The van der Waals surface area contributed by atoms with Crippen LogP contribution in [-0.4, -0.2) is 55.3 Å². The van der Waals surface area contributed by atoms with E-state index in [1.54, 1.807) is 18.2 Å². The van der Waals surface area contributed by atoms with E-state index in [2.05, 4.69) is 22.3 Å². The Morgan fingerprint density at radius 1 is 0.966 bits per heavy atom. The number of carbonyl (C=O) groups excluding carboxylic acids is 3. The molecule has 0 radical (unpaired) electrons. The topological polar surface area (TPSA) is 79.0 Å². The second-order valence-corrected chi connectivity index (χ2v) is 7.17. The van der Waals surface area contributed by atoms with Gasteiger partial charge in [-0.2, -0.15) is 0 Å². The first-order chi connectivity index (χ1) is 14.1. The average Bonchev–Trinajstić information content (AvgIpc) is 2.77. The highest BCUT2D eigenvalue weighted by Gasteiger charge is 2.22. The van der Waals surface area contributed by atoms with E-state index in [1.165, 1.54) is 5.69 Å². The molecule has 1 N–H and O–H groups in total. The molecule has 0 saturated carbocycles. The number of benzene rings is 2. The second kappa shape index (κ2) is 8.34. The molecular formula is C22H23N3O4. The van der Waals surface area contributed by atoms with E-state index in [9.17, 15) is 14.4 Å². The Morgan fingerprint density at radius 3 is 2.48 bits per heavy atom. The molecule has 0 unspecified atom stereocenters. The molecule has 2 aliphatic heterocycles. The van der Waals surface area contributed by atoms with Gasteiger partial charge in [0.15, 0.2) is 12.4 Å². The molecule has 4 rings (SSSR count). The van der Waals surface area contributed by atoms with Crippen LogP contribution >= 0.6 is 0 Å². The zero-order valence-electron chi connectivity index (χ0n) is 16.1. The average molecular weight is 393 g/mol. The number of ketones is 1. The maximum absolute atomic E-state index is 12.5. The Balaban J connectivity index is 1.28. The van der Waals surface area contributed by atoms with E-state index < -0.39 is 0 Å². The Kier molecular flexibility index (Phi) is 5.46. The van der Waals surface area contributed by atoms with Gasteiger partial charge in [-0.3, -0.25) is 14.4 Å². The Labute approximate surface area is 169 Å². The summed E-state index contributed by atoms with van der Waals surface area (Å²) >= 11 is 0. The van der Waals surface area contributed by atoms with Crippen molar-refractivity contribution >= 4 is 29.0 Å². The zero-order valence-corrected chi connectivity index (χ0v) is 16.1. The van der Waals surface area contributed by atoms with Gasteiger partial charge in [-0.05, 0) is 30.3 Å². The first kappa shape index (κ1) is 19.0. The summed E-state index contributed by atoms with van der Waals surface area (Å²) in [5, 5.41) is 2.69. The molecule has 1 fully saturated rings. The van der Waals surface area contributed by atoms with Gasteiger partial charge in [0.1, 0.15) is 5.75 Å². The first-order valence-electron chi connectivity index (χ1n) is 9.78. The predicted molar refractivity (Wildman–Crippen MR) is 109 cm³/mol. The van der Waals surface area contributed by atoms with Crippen LogP contribution in [-0.2, 0) is 9.59 Å². The molecule has 150 valence electrons. The first-order valence-corrected chi connectivity index (χ1v) is 9.78. The number of hydrogen-bond acceptors (Lipinski definition) is 5. The van der Waals surface area contributed by atoms with Crippen molar-refractivity contribution in [1.82, 2.24) is 4.90 Å². The fraction of sp³-hybridized carbons (Fsp3) is 0.318. The smallest absolute Gasteiger partial charge is 0.262 e. The van der Waals surface area contributed by atoms with Gasteiger partial charge in [0.25, 0.3) is 5.91 Å². The molecule has 0 aromatic heterocycles. The van der Waals surface area contributed by atoms with E-state index in [4.69, 9.17) is 4.74 Å². The van der Waals surface area contributed by atoms with E-state index in [1.807, 2.05) is 23.1 Å². The Morgan fingerprint density at radius 2 is 1.72 bits per heavy atom. The third-order valence-electron chi connectivity index (χ3n) is 5.25. The number of rotatable bonds is 5. The summed E-state index contributed by atoms with van der Waals surface area (Å²) in [5.41, 5.74) is 2.13. The van der Waals surface area contributed by atoms with Crippen molar-refractivity contribution in [2.75, 3.05) is 43.0 Å². The highest BCUT2D eigenvalue weighted by Crippen LogP contribution is 2.29. The van der Waals surface area contributed by atoms with Gasteiger partial charge in [-0.25, -0.2) is 0 Å². The normalized spacial score (nSPS) is 15.9. The molecule has 2 aromatic rings. The number of para-hydroxylation sites is 1. The number of hydrogen-bond donors (Lipinski definition) is 1. The molecule has 2 heterocycles. The van der Waals surface area contributed by atoms with Crippen LogP contribution in [0.15, 0.2) is 48.5 Å². The number of carbonyl (C=O) groups is 3. The molecule has 2 aromatic carbocycles. The molecule has 0 bridgehead atoms. The SMILES string of the molecule is O=C1COc2ccc(C(=O)CCC(=O)N3CCN(c4ccccc4)CC3)cc2N1. The molecule has 7 nitrogen and oxygen atoms in total. The Hall–Kier alpha value is -3.35. The number of anilines is 2. The van der Waals surface area contributed by atoms with Crippen molar-refractivity contribution in [1.29, 1.82) is 0 Å². The number of nitrogens with zero attached hydrogens (tertiary/aromatic N) is 2. The van der Waals surface area contributed by atoms with E-state index in [0.717, 1.165) is 13.1 Å². The van der Waals surface area contributed by atoms with Gasteiger partial charge in [-0.1, -0.05) is 18.2 Å². The third-order valence-corrected chi connectivity index (χ3v) is 5.25. The van der Waals surface area contributed by atoms with Crippen molar-refractivity contribution in [2.24, 2.45) is 0 Å². The summed E-state index contributed by atoms with van der Waals surface area (Å²) in [4.78, 5) is 40.6. The van der Waals surface area contributed by atoms with Gasteiger partial charge in [0.05, 0.1) is 5.69 Å². The van der Waals surface area contributed by atoms with Gasteiger partial charge < -0.3 is 19.9 Å². The van der Waals surface area contributed by atoms with E-state index in [0.29, 0.717) is 30.1 Å². The molecule has 1 saturated heterocycles. The van der Waals surface area contributed by atoms with Gasteiger partial charge in [0.2, 0.25) is 5.91 Å². The maximum atomic E-state index is 12.5. The van der Waals surface area contributed by atoms with Gasteiger partial charge in [-0.15, -0.1) is 0 Å². The standard InChI is InChI=1S/C22H23N3O4/c26-19(16-6-8-20-18(14-16)23-21(27)15-29-20)7-9-22(28)25-12-10-24(11-13-25)17-4-2-1-3-5-17/h1-6,8,14H,7,9-13,15H2,(H,23,27). The van der Waals surface area contributed by atoms with Crippen LogP contribution in [0.5, 0.6) is 5.75 Å². The molecule has 0 aliphatic carbocycles. The van der Waals surface area contributed by atoms with Crippen LogP contribution in [0.1, 0.15) is 23.2 Å². The molecule has 0 spiro atoms. The number of piperazine rings is 1. The van der Waals surface area contributed by atoms with E-state index in [-0.39, 0.29) is 37.0 Å². The predicted octanol–water partition coefficient (Wildman–Crippen LogP) is 2.33. The Bertz CT molecular complexity index is 921. The molecule has 29 heavy (non-hydrogen) atoms. The summed E-state index contributed by atoms with van der Waals surface area (Å²) in [6.07, 6.45) is 0.329. The highest BCUT2D eigenvalue weighted by molar-refractivity contribution is 6.01. The van der Waals surface area contributed by atoms with Crippen molar-refractivity contribution < 1.29 is 19.1 Å².